The number of nitrogens with zero attached hydrogens (tertiary/aromatic N) is 3. The van der Waals surface area contributed by atoms with Crippen LogP contribution in [-0.2, 0) is 11.2 Å². The highest BCUT2D eigenvalue weighted by Gasteiger charge is 2.31. The molecular formula is C19H24ClN3O2S. The van der Waals surface area contributed by atoms with E-state index in [1.807, 2.05) is 0 Å². The van der Waals surface area contributed by atoms with E-state index in [0.717, 1.165) is 55.0 Å². The number of fused-ring (bicyclic) bond motifs is 3. The Balaban J connectivity index is 1.64. The molecular weight excluding hydrogens is 370 g/mol. The first kappa shape index (κ1) is 18.1. The molecule has 2 heterocycles. The summed E-state index contributed by atoms with van der Waals surface area (Å²) in [6, 6.07) is 0.631. The number of halogens is 1. The van der Waals surface area contributed by atoms with Crippen molar-refractivity contribution in [2.24, 2.45) is 0 Å². The van der Waals surface area contributed by atoms with Crippen molar-refractivity contribution in [2.45, 2.75) is 63.0 Å². The second-order valence-corrected chi connectivity index (χ2v) is 8.99. The Labute approximate surface area is 162 Å². The first-order valence-electron chi connectivity index (χ1n) is 9.32. The van der Waals surface area contributed by atoms with E-state index in [9.17, 15) is 4.79 Å². The molecule has 2 aromatic rings. The SMILES string of the molecule is CN(C)C1CCC(Oc2nc(Cl)nc3sc4c(c23)C(CC=O)CC4)CC1. The average Bonchev–Trinajstić information content (AvgIpc) is 3.15. The van der Waals surface area contributed by atoms with Crippen molar-refractivity contribution in [3.8, 4) is 5.88 Å². The molecule has 0 saturated heterocycles. The first-order valence-corrected chi connectivity index (χ1v) is 10.5. The third-order valence-electron chi connectivity index (χ3n) is 5.77. The van der Waals surface area contributed by atoms with E-state index < -0.39 is 0 Å². The Hall–Kier alpha value is -1.24. The molecule has 2 aliphatic carbocycles. The van der Waals surface area contributed by atoms with Crippen LogP contribution in [-0.4, -0.2) is 47.4 Å². The molecule has 0 amide bonds. The number of rotatable bonds is 5. The summed E-state index contributed by atoms with van der Waals surface area (Å²) in [6.07, 6.45) is 8.07. The summed E-state index contributed by atoms with van der Waals surface area (Å²) in [7, 11) is 4.28. The third-order valence-corrected chi connectivity index (χ3v) is 7.09. The normalized spacial score (nSPS) is 25.6. The van der Waals surface area contributed by atoms with Crippen LogP contribution >= 0.6 is 22.9 Å². The van der Waals surface area contributed by atoms with Crippen molar-refractivity contribution in [1.82, 2.24) is 14.9 Å². The zero-order valence-corrected chi connectivity index (χ0v) is 16.8. The molecule has 1 saturated carbocycles. The Morgan fingerprint density at radius 1 is 1.23 bits per heavy atom. The van der Waals surface area contributed by atoms with E-state index in [4.69, 9.17) is 16.3 Å². The molecule has 2 aliphatic rings. The van der Waals surface area contributed by atoms with Gasteiger partial charge in [0.1, 0.15) is 17.2 Å². The zero-order chi connectivity index (χ0) is 18.3. The molecule has 5 nitrogen and oxygen atoms in total. The molecule has 4 rings (SSSR count). The van der Waals surface area contributed by atoms with Crippen molar-refractivity contribution < 1.29 is 9.53 Å². The highest BCUT2D eigenvalue weighted by Crippen LogP contribution is 2.47. The van der Waals surface area contributed by atoms with Gasteiger partial charge in [0.2, 0.25) is 11.2 Å². The molecule has 26 heavy (non-hydrogen) atoms. The van der Waals surface area contributed by atoms with Gasteiger partial charge in [-0.15, -0.1) is 11.3 Å². The van der Waals surface area contributed by atoms with Crippen LogP contribution in [0.5, 0.6) is 5.88 Å². The maximum absolute atomic E-state index is 11.1. The molecule has 0 aliphatic heterocycles. The van der Waals surface area contributed by atoms with Gasteiger partial charge in [-0.05, 0) is 75.7 Å². The topological polar surface area (TPSA) is 55.3 Å². The van der Waals surface area contributed by atoms with Crippen LogP contribution < -0.4 is 4.74 Å². The van der Waals surface area contributed by atoms with Crippen molar-refractivity contribution in [3.63, 3.8) is 0 Å². The molecule has 0 N–H and O–H groups in total. The van der Waals surface area contributed by atoms with Gasteiger partial charge in [-0.3, -0.25) is 0 Å². The summed E-state index contributed by atoms with van der Waals surface area (Å²) in [5.74, 6) is 0.872. The lowest BCUT2D eigenvalue weighted by molar-refractivity contribution is -0.108. The highest BCUT2D eigenvalue weighted by atomic mass is 35.5. The van der Waals surface area contributed by atoms with Gasteiger partial charge in [-0.2, -0.15) is 4.98 Å². The number of hydrogen-bond acceptors (Lipinski definition) is 6. The summed E-state index contributed by atoms with van der Waals surface area (Å²) in [5.41, 5.74) is 1.23. The zero-order valence-electron chi connectivity index (χ0n) is 15.2. The van der Waals surface area contributed by atoms with Gasteiger partial charge in [0.15, 0.2) is 0 Å². The molecule has 2 aromatic heterocycles. The number of aromatic nitrogens is 2. The van der Waals surface area contributed by atoms with Crippen LogP contribution in [0.2, 0.25) is 5.28 Å². The molecule has 0 aromatic carbocycles. The quantitative estimate of drug-likeness (QED) is 0.562. The van der Waals surface area contributed by atoms with Crippen LogP contribution in [0.25, 0.3) is 10.2 Å². The number of carbonyl (C=O) groups excluding carboxylic acids is 1. The Bertz CT molecular complexity index is 815. The van der Waals surface area contributed by atoms with Gasteiger partial charge in [-0.25, -0.2) is 4.98 Å². The van der Waals surface area contributed by atoms with Gasteiger partial charge < -0.3 is 14.4 Å². The maximum atomic E-state index is 11.1. The molecule has 0 spiro atoms. The summed E-state index contributed by atoms with van der Waals surface area (Å²) in [4.78, 5) is 24.4. The number of aldehydes is 1. The monoisotopic (exact) mass is 393 g/mol. The van der Waals surface area contributed by atoms with Crippen LogP contribution in [0.3, 0.4) is 0 Å². The minimum absolute atomic E-state index is 0.168. The summed E-state index contributed by atoms with van der Waals surface area (Å²) >= 11 is 7.84. The van der Waals surface area contributed by atoms with Crippen LogP contribution in [0, 0.1) is 0 Å². The van der Waals surface area contributed by atoms with Gasteiger partial charge in [0.25, 0.3) is 0 Å². The van der Waals surface area contributed by atoms with Crippen LogP contribution in [0.15, 0.2) is 0 Å². The lowest BCUT2D eigenvalue weighted by atomic mass is 9.92. The van der Waals surface area contributed by atoms with E-state index in [1.54, 1.807) is 11.3 Å². The highest BCUT2D eigenvalue weighted by molar-refractivity contribution is 7.19. The van der Waals surface area contributed by atoms with E-state index >= 15 is 0 Å². The number of ether oxygens (including phenoxy) is 1. The van der Waals surface area contributed by atoms with E-state index in [0.29, 0.717) is 18.3 Å². The van der Waals surface area contributed by atoms with Gasteiger partial charge in [0.05, 0.1) is 5.39 Å². The van der Waals surface area contributed by atoms with Gasteiger partial charge in [0, 0.05) is 17.3 Å². The predicted octanol–water partition coefficient (Wildman–Crippen LogP) is 4.22. The average molecular weight is 394 g/mol. The van der Waals surface area contributed by atoms with E-state index in [2.05, 4.69) is 29.0 Å². The van der Waals surface area contributed by atoms with Crippen molar-refractivity contribution in [1.29, 1.82) is 0 Å². The fourth-order valence-corrected chi connectivity index (χ4v) is 5.83. The standard InChI is InChI=1S/C19H24ClN3O2S/c1-23(2)12-4-6-13(7-5-12)25-17-16-15-11(9-10-24)3-8-14(15)26-18(16)22-19(20)21-17/h10-13H,3-9H2,1-2H3. The van der Waals surface area contributed by atoms with Crippen molar-refractivity contribution in [2.75, 3.05) is 14.1 Å². The van der Waals surface area contributed by atoms with Crippen LogP contribution in [0.1, 0.15) is 54.9 Å². The molecule has 1 atom stereocenters. The van der Waals surface area contributed by atoms with Gasteiger partial charge >= 0.3 is 0 Å². The lowest BCUT2D eigenvalue weighted by Crippen LogP contribution is -2.35. The minimum atomic E-state index is 0.168. The number of thiophene rings is 1. The van der Waals surface area contributed by atoms with Crippen molar-refractivity contribution in [3.05, 3.63) is 15.7 Å². The minimum Gasteiger partial charge on any atom is -0.474 e. The summed E-state index contributed by atoms with van der Waals surface area (Å²) < 4.78 is 6.35. The van der Waals surface area contributed by atoms with Gasteiger partial charge in [-0.1, -0.05) is 0 Å². The first-order chi connectivity index (χ1) is 12.6. The van der Waals surface area contributed by atoms with Crippen LogP contribution in [0.4, 0.5) is 0 Å². The second-order valence-electron chi connectivity index (χ2n) is 7.57. The maximum Gasteiger partial charge on any atom is 0.227 e. The predicted molar refractivity (Wildman–Crippen MR) is 105 cm³/mol. The Morgan fingerprint density at radius 2 is 2.00 bits per heavy atom. The number of carbonyl (C=O) groups is 1. The summed E-state index contributed by atoms with van der Waals surface area (Å²) in [6.45, 7) is 0. The molecule has 1 unspecified atom stereocenters. The van der Waals surface area contributed by atoms with E-state index in [1.165, 1.54) is 10.4 Å². The second kappa shape index (κ2) is 7.41. The Morgan fingerprint density at radius 3 is 2.69 bits per heavy atom. The number of hydrogen-bond donors (Lipinski definition) is 0. The Kier molecular flexibility index (Phi) is 5.17. The smallest absolute Gasteiger partial charge is 0.227 e. The fraction of sp³-hybridized carbons (Fsp3) is 0.632. The molecule has 140 valence electrons. The molecule has 0 bridgehead atoms. The molecule has 7 heteroatoms. The number of aryl methyl sites for hydroxylation is 1. The molecule has 0 radical (unpaired) electrons. The van der Waals surface area contributed by atoms with Crippen molar-refractivity contribution >= 4 is 39.4 Å². The largest absolute Gasteiger partial charge is 0.474 e. The molecule has 1 fully saturated rings. The lowest BCUT2D eigenvalue weighted by Gasteiger charge is -2.32. The summed E-state index contributed by atoms with van der Waals surface area (Å²) in [5, 5.41) is 1.23. The van der Waals surface area contributed by atoms with E-state index in [-0.39, 0.29) is 17.3 Å². The fourth-order valence-electron chi connectivity index (χ4n) is 4.35. The third kappa shape index (κ3) is 3.35.